The van der Waals surface area contributed by atoms with Crippen molar-refractivity contribution in [2.24, 2.45) is 0 Å². The van der Waals surface area contributed by atoms with Gasteiger partial charge in [-0.1, -0.05) is 17.7 Å². The maximum atomic E-state index is 11.9. The van der Waals surface area contributed by atoms with Gasteiger partial charge in [0.15, 0.2) is 6.10 Å². The number of benzene rings is 1. The van der Waals surface area contributed by atoms with Crippen molar-refractivity contribution < 1.29 is 9.53 Å². The molecule has 0 saturated heterocycles. The van der Waals surface area contributed by atoms with Crippen LogP contribution in [-0.4, -0.2) is 17.6 Å². The molecule has 1 N–H and O–H groups in total. The molecule has 1 unspecified atom stereocenters. The van der Waals surface area contributed by atoms with Gasteiger partial charge in [0.25, 0.3) is 5.91 Å². The van der Waals surface area contributed by atoms with Crippen LogP contribution >= 0.6 is 11.6 Å². The molecule has 4 nitrogen and oxygen atoms in total. The summed E-state index contributed by atoms with van der Waals surface area (Å²) in [4.78, 5) is 11.9. The maximum Gasteiger partial charge on any atom is 0.261 e. The predicted octanol–water partition coefficient (Wildman–Crippen LogP) is 2.89. The van der Waals surface area contributed by atoms with Crippen LogP contribution in [0.25, 0.3) is 0 Å². The van der Waals surface area contributed by atoms with Crippen molar-refractivity contribution in [2.45, 2.75) is 39.3 Å². The molecule has 1 aromatic carbocycles. The van der Waals surface area contributed by atoms with E-state index in [2.05, 4.69) is 5.32 Å². The molecule has 1 atom stereocenters. The monoisotopic (exact) mass is 280 g/mol. The fourth-order valence-corrected chi connectivity index (χ4v) is 1.63. The number of carbonyl (C=O) groups is 1. The molecule has 0 aliphatic heterocycles. The average molecular weight is 281 g/mol. The topological polar surface area (TPSA) is 62.1 Å². The van der Waals surface area contributed by atoms with Gasteiger partial charge in [0.2, 0.25) is 0 Å². The van der Waals surface area contributed by atoms with Gasteiger partial charge in [0, 0.05) is 5.54 Å². The maximum absolute atomic E-state index is 11.9. The number of amides is 1. The fraction of sp³-hybridized carbons (Fsp3) is 0.429. The van der Waals surface area contributed by atoms with Crippen molar-refractivity contribution >= 4 is 17.5 Å². The first-order valence-electron chi connectivity index (χ1n) is 5.92. The van der Waals surface area contributed by atoms with Crippen molar-refractivity contribution in [1.82, 2.24) is 5.32 Å². The summed E-state index contributed by atoms with van der Waals surface area (Å²) in [7, 11) is 0. The zero-order valence-electron chi connectivity index (χ0n) is 11.5. The van der Waals surface area contributed by atoms with E-state index in [1.54, 1.807) is 25.1 Å². The van der Waals surface area contributed by atoms with E-state index in [4.69, 9.17) is 21.6 Å². The SMILES string of the molecule is CC(Oc1cccc(Cl)c1C#N)C(=O)NC(C)(C)C. The normalized spacial score (nSPS) is 12.4. The van der Waals surface area contributed by atoms with E-state index in [1.807, 2.05) is 26.8 Å². The zero-order valence-corrected chi connectivity index (χ0v) is 12.2. The van der Waals surface area contributed by atoms with Crippen molar-refractivity contribution in [3.05, 3.63) is 28.8 Å². The largest absolute Gasteiger partial charge is 0.479 e. The third-order valence-electron chi connectivity index (χ3n) is 2.26. The van der Waals surface area contributed by atoms with Crippen LogP contribution in [0.5, 0.6) is 5.75 Å². The number of nitriles is 1. The Balaban J connectivity index is 2.84. The van der Waals surface area contributed by atoms with Gasteiger partial charge in [-0.2, -0.15) is 5.26 Å². The van der Waals surface area contributed by atoms with Crippen LogP contribution in [0.2, 0.25) is 5.02 Å². The Kier molecular flexibility index (Phi) is 4.79. The van der Waals surface area contributed by atoms with Gasteiger partial charge >= 0.3 is 0 Å². The molecular weight excluding hydrogens is 264 g/mol. The molecule has 0 heterocycles. The van der Waals surface area contributed by atoms with Crippen LogP contribution in [0.4, 0.5) is 0 Å². The van der Waals surface area contributed by atoms with E-state index in [-0.39, 0.29) is 17.0 Å². The van der Waals surface area contributed by atoms with E-state index < -0.39 is 6.10 Å². The molecule has 0 aromatic heterocycles. The highest BCUT2D eigenvalue weighted by molar-refractivity contribution is 6.31. The number of rotatable bonds is 3. The van der Waals surface area contributed by atoms with E-state index >= 15 is 0 Å². The Morgan fingerprint density at radius 1 is 1.47 bits per heavy atom. The van der Waals surface area contributed by atoms with Crippen LogP contribution in [0, 0.1) is 11.3 Å². The molecule has 0 radical (unpaired) electrons. The predicted molar refractivity (Wildman–Crippen MR) is 74.2 cm³/mol. The second-order valence-corrected chi connectivity index (χ2v) is 5.63. The van der Waals surface area contributed by atoms with E-state index in [9.17, 15) is 4.79 Å². The summed E-state index contributed by atoms with van der Waals surface area (Å²) in [5.74, 6) is 0.0722. The molecule has 0 aliphatic rings. The zero-order chi connectivity index (χ0) is 14.6. The summed E-state index contributed by atoms with van der Waals surface area (Å²) in [5, 5.41) is 12.1. The molecule has 0 aliphatic carbocycles. The van der Waals surface area contributed by atoms with Gasteiger partial charge in [-0.15, -0.1) is 0 Å². The summed E-state index contributed by atoms with van der Waals surface area (Å²) >= 11 is 5.90. The number of hydrogen-bond acceptors (Lipinski definition) is 3. The summed E-state index contributed by atoms with van der Waals surface area (Å²) in [6.07, 6.45) is -0.704. The molecule has 1 aromatic rings. The lowest BCUT2D eigenvalue weighted by atomic mass is 10.1. The quantitative estimate of drug-likeness (QED) is 0.926. The number of nitrogens with one attached hydrogen (secondary N) is 1. The number of hydrogen-bond donors (Lipinski definition) is 1. The molecule has 102 valence electrons. The third kappa shape index (κ3) is 4.46. The van der Waals surface area contributed by atoms with Crippen molar-refractivity contribution in [2.75, 3.05) is 0 Å². The second kappa shape index (κ2) is 5.94. The lowest BCUT2D eigenvalue weighted by molar-refractivity contribution is -0.128. The molecule has 19 heavy (non-hydrogen) atoms. The first kappa shape index (κ1) is 15.3. The molecule has 5 heteroatoms. The summed E-state index contributed by atoms with van der Waals surface area (Å²) in [6.45, 7) is 7.29. The first-order valence-corrected chi connectivity index (χ1v) is 6.29. The number of ether oxygens (including phenoxy) is 1. The summed E-state index contributed by atoms with van der Waals surface area (Å²) in [6, 6.07) is 6.86. The Bertz CT molecular complexity index is 515. The fourth-order valence-electron chi connectivity index (χ4n) is 1.43. The minimum absolute atomic E-state index is 0.236. The lowest BCUT2D eigenvalue weighted by Crippen LogP contribution is -2.46. The van der Waals surface area contributed by atoms with Crippen LogP contribution in [0.1, 0.15) is 33.3 Å². The van der Waals surface area contributed by atoms with Crippen molar-refractivity contribution in [3.63, 3.8) is 0 Å². The van der Waals surface area contributed by atoms with E-state index in [0.29, 0.717) is 10.8 Å². The summed E-state index contributed by atoms with van der Waals surface area (Å²) in [5.41, 5.74) is -0.0965. The minimum Gasteiger partial charge on any atom is -0.479 e. The number of nitrogens with zero attached hydrogens (tertiary/aromatic N) is 1. The average Bonchev–Trinajstić information content (AvgIpc) is 2.27. The van der Waals surface area contributed by atoms with Gasteiger partial charge in [0.1, 0.15) is 17.4 Å². The Morgan fingerprint density at radius 3 is 2.63 bits per heavy atom. The minimum atomic E-state index is -0.704. The smallest absolute Gasteiger partial charge is 0.261 e. The standard InChI is InChI=1S/C14H17ClN2O2/c1-9(13(18)17-14(2,3)4)19-12-7-5-6-11(15)10(12)8-16/h5-7,9H,1-4H3,(H,17,18). The molecular formula is C14H17ClN2O2. The van der Waals surface area contributed by atoms with Crippen LogP contribution in [0.3, 0.4) is 0 Å². The van der Waals surface area contributed by atoms with Gasteiger partial charge in [-0.25, -0.2) is 0 Å². The summed E-state index contributed by atoms with van der Waals surface area (Å²) < 4.78 is 5.51. The van der Waals surface area contributed by atoms with Gasteiger partial charge in [0.05, 0.1) is 5.02 Å². The van der Waals surface area contributed by atoms with Gasteiger partial charge in [-0.3, -0.25) is 4.79 Å². The van der Waals surface area contributed by atoms with Crippen LogP contribution in [-0.2, 0) is 4.79 Å². The molecule has 1 amide bonds. The Morgan fingerprint density at radius 2 is 2.11 bits per heavy atom. The van der Waals surface area contributed by atoms with Crippen LogP contribution in [0.15, 0.2) is 18.2 Å². The van der Waals surface area contributed by atoms with Crippen molar-refractivity contribution in [1.29, 1.82) is 5.26 Å². The number of carbonyl (C=O) groups excluding carboxylic acids is 1. The molecule has 0 saturated carbocycles. The molecule has 1 rings (SSSR count). The van der Waals surface area contributed by atoms with Crippen LogP contribution < -0.4 is 10.1 Å². The molecule has 0 spiro atoms. The Hall–Kier alpha value is -1.73. The molecule has 0 fully saturated rings. The van der Waals surface area contributed by atoms with Gasteiger partial charge in [-0.05, 0) is 39.8 Å². The van der Waals surface area contributed by atoms with Gasteiger partial charge < -0.3 is 10.1 Å². The molecule has 0 bridgehead atoms. The first-order chi connectivity index (χ1) is 8.74. The number of halogens is 1. The third-order valence-corrected chi connectivity index (χ3v) is 2.57. The van der Waals surface area contributed by atoms with E-state index in [1.165, 1.54) is 0 Å². The van der Waals surface area contributed by atoms with E-state index in [0.717, 1.165) is 0 Å². The lowest BCUT2D eigenvalue weighted by Gasteiger charge is -2.23. The van der Waals surface area contributed by atoms with Crippen molar-refractivity contribution in [3.8, 4) is 11.8 Å². The highest BCUT2D eigenvalue weighted by atomic mass is 35.5. The highest BCUT2D eigenvalue weighted by Crippen LogP contribution is 2.26. The second-order valence-electron chi connectivity index (χ2n) is 5.22. The highest BCUT2D eigenvalue weighted by Gasteiger charge is 2.21. The Labute approximate surface area is 118 Å².